The van der Waals surface area contributed by atoms with Gasteiger partial charge in [-0.1, -0.05) is 48.5 Å². The molecule has 0 aromatic heterocycles. The van der Waals surface area contributed by atoms with Gasteiger partial charge in [-0.25, -0.2) is 8.42 Å². The molecular formula is C21H25NO5S. The van der Waals surface area contributed by atoms with E-state index in [1.54, 1.807) is 30.3 Å². The van der Waals surface area contributed by atoms with Crippen LogP contribution in [0.1, 0.15) is 12.0 Å². The molecule has 1 heterocycles. The van der Waals surface area contributed by atoms with Crippen molar-refractivity contribution in [2.45, 2.75) is 23.8 Å². The maximum atomic E-state index is 12.5. The van der Waals surface area contributed by atoms with Crippen LogP contribution in [0.3, 0.4) is 0 Å². The molecule has 0 unspecified atom stereocenters. The Kier molecular flexibility index (Phi) is 6.17. The fraction of sp³-hybridized carbons (Fsp3) is 0.381. The normalized spacial score (nSPS) is 23.4. The predicted molar refractivity (Wildman–Crippen MR) is 106 cm³/mol. The molecule has 3 rings (SSSR count). The zero-order chi connectivity index (χ0) is 20.2. The quantitative estimate of drug-likeness (QED) is 0.733. The molecule has 0 amide bonds. The summed E-state index contributed by atoms with van der Waals surface area (Å²) in [6.07, 6.45) is -0.483. The first-order chi connectivity index (χ1) is 13.3. The molecule has 0 bridgehead atoms. The minimum atomic E-state index is -3.44. The van der Waals surface area contributed by atoms with Crippen LogP contribution in [-0.4, -0.2) is 61.0 Å². The lowest BCUT2D eigenvalue weighted by molar-refractivity contribution is -0.163. The largest absolute Gasteiger partial charge is 0.481 e. The highest BCUT2D eigenvalue weighted by molar-refractivity contribution is 7.91. The molecule has 1 aliphatic rings. The summed E-state index contributed by atoms with van der Waals surface area (Å²) < 4.78 is 25.1. The van der Waals surface area contributed by atoms with Crippen molar-refractivity contribution in [3.8, 4) is 0 Å². The molecule has 1 saturated heterocycles. The number of carboxylic acid groups (broad SMARTS) is 1. The Bertz CT molecular complexity index is 901. The average Bonchev–Trinajstić information content (AvgIpc) is 2.70. The van der Waals surface area contributed by atoms with Crippen LogP contribution in [0, 0.1) is 5.41 Å². The third-order valence-corrected chi connectivity index (χ3v) is 7.14. The van der Waals surface area contributed by atoms with E-state index < -0.39 is 27.3 Å². The Morgan fingerprint density at radius 3 is 2.29 bits per heavy atom. The zero-order valence-electron chi connectivity index (χ0n) is 15.6. The second-order valence-electron chi connectivity index (χ2n) is 7.34. The molecule has 28 heavy (non-hydrogen) atoms. The Hall–Kier alpha value is -2.22. The molecule has 0 aliphatic carbocycles. The Balaban J connectivity index is 1.74. The number of carbonyl (C=O) groups is 1. The Morgan fingerprint density at radius 1 is 1.07 bits per heavy atom. The molecule has 0 radical (unpaired) electrons. The number of nitrogens with zero attached hydrogens (tertiary/aromatic N) is 1. The molecule has 1 fully saturated rings. The van der Waals surface area contributed by atoms with Gasteiger partial charge in [-0.3, -0.25) is 4.79 Å². The molecule has 6 nitrogen and oxygen atoms in total. The number of rotatable bonds is 7. The van der Waals surface area contributed by atoms with E-state index in [1.165, 1.54) is 0 Å². The van der Waals surface area contributed by atoms with Crippen molar-refractivity contribution < 1.29 is 23.4 Å². The molecule has 0 spiro atoms. The number of carboxylic acids is 1. The summed E-state index contributed by atoms with van der Waals surface area (Å²) in [5.74, 6) is -1.15. The van der Waals surface area contributed by atoms with Crippen LogP contribution in [0.25, 0.3) is 0 Å². The average molecular weight is 404 g/mol. The fourth-order valence-electron chi connectivity index (χ4n) is 3.77. The molecule has 2 aromatic carbocycles. The van der Waals surface area contributed by atoms with Gasteiger partial charge in [0.25, 0.3) is 0 Å². The maximum absolute atomic E-state index is 12.5. The lowest BCUT2D eigenvalue weighted by atomic mass is 9.73. The summed E-state index contributed by atoms with van der Waals surface area (Å²) >= 11 is 0. The molecule has 2 aromatic rings. The minimum Gasteiger partial charge on any atom is -0.481 e. The first-order valence-corrected chi connectivity index (χ1v) is 10.9. The first kappa shape index (κ1) is 20.5. The van der Waals surface area contributed by atoms with Gasteiger partial charge in [0.1, 0.15) is 5.41 Å². The van der Waals surface area contributed by atoms with Gasteiger partial charge in [-0.2, -0.15) is 0 Å². The van der Waals surface area contributed by atoms with Crippen LogP contribution >= 0.6 is 0 Å². The summed E-state index contributed by atoms with van der Waals surface area (Å²) in [6, 6.07) is 17.5. The van der Waals surface area contributed by atoms with E-state index in [-0.39, 0.29) is 30.2 Å². The second kappa shape index (κ2) is 8.43. The van der Waals surface area contributed by atoms with Crippen molar-refractivity contribution in [1.29, 1.82) is 0 Å². The van der Waals surface area contributed by atoms with Crippen molar-refractivity contribution in [3.05, 3.63) is 66.2 Å². The number of aliphatic hydroxyl groups excluding tert-OH is 1. The van der Waals surface area contributed by atoms with Gasteiger partial charge in [0.05, 0.1) is 16.8 Å². The molecular weight excluding hydrogens is 378 g/mol. The highest BCUT2D eigenvalue weighted by Gasteiger charge is 2.49. The SMILES string of the molecule is O=C(O)[C@]1(Cc2ccccc2)CN(CCS(=O)(=O)c2ccccc2)CC[C@H]1O. The van der Waals surface area contributed by atoms with Gasteiger partial charge in [-0.05, 0) is 30.5 Å². The fourth-order valence-corrected chi connectivity index (χ4v) is 5.08. The van der Waals surface area contributed by atoms with Crippen LogP contribution in [0.2, 0.25) is 0 Å². The van der Waals surface area contributed by atoms with E-state index >= 15 is 0 Å². The van der Waals surface area contributed by atoms with Crippen LogP contribution in [0.15, 0.2) is 65.6 Å². The maximum Gasteiger partial charge on any atom is 0.313 e. The minimum absolute atomic E-state index is 0.0891. The standard InChI is InChI=1S/C21H25NO5S/c23-19-11-12-22(13-14-28(26,27)18-9-5-2-6-10-18)16-21(19,20(24)25)15-17-7-3-1-4-8-17/h1-10,19,23H,11-16H2,(H,24,25)/t19-,21-/m1/s1. The highest BCUT2D eigenvalue weighted by Crippen LogP contribution is 2.34. The summed E-state index contributed by atoms with van der Waals surface area (Å²) in [4.78, 5) is 14.3. The Labute approximate surface area is 165 Å². The summed E-state index contributed by atoms with van der Waals surface area (Å²) in [6.45, 7) is 0.811. The van der Waals surface area contributed by atoms with E-state index in [4.69, 9.17) is 0 Å². The second-order valence-corrected chi connectivity index (χ2v) is 9.45. The topological polar surface area (TPSA) is 94.9 Å². The third kappa shape index (κ3) is 4.43. The van der Waals surface area contributed by atoms with Crippen molar-refractivity contribution in [2.24, 2.45) is 5.41 Å². The van der Waals surface area contributed by atoms with E-state index in [9.17, 15) is 23.4 Å². The summed E-state index contributed by atoms with van der Waals surface area (Å²) in [5.41, 5.74) is -0.515. The summed E-state index contributed by atoms with van der Waals surface area (Å²) in [5, 5.41) is 20.5. The van der Waals surface area contributed by atoms with Gasteiger partial charge in [0, 0.05) is 19.6 Å². The first-order valence-electron chi connectivity index (χ1n) is 9.29. The number of piperidine rings is 1. The van der Waals surface area contributed by atoms with E-state index in [2.05, 4.69) is 0 Å². The number of hydrogen-bond donors (Lipinski definition) is 2. The van der Waals surface area contributed by atoms with E-state index in [0.717, 1.165) is 5.56 Å². The lowest BCUT2D eigenvalue weighted by Gasteiger charge is -2.43. The number of aliphatic carboxylic acids is 1. The molecule has 2 N–H and O–H groups in total. The van der Waals surface area contributed by atoms with E-state index in [1.807, 2.05) is 35.2 Å². The van der Waals surface area contributed by atoms with Gasteiger partial charge in [0.2, 0.25) is 0 Å². The van der Waals surface area contributed by atoms with Crippen LogP contribution in [0.5, 0.6) is 0 Å². The molecule has 7 heteroatoms. The van der Waals surface area contributed by atoms with Gasteiger partial charge >= 0.3 is 5.97 Å². The van der Waals surface area contributed by atoms with Gasteiger partial charge in [-0.15, -0.1) is 0 Å². The van der Waals surface area contributed by atoms with Gasteiger partial charge < -0.3 is 15.1 Å². The molecule has 1 aliphatic heterocycles. The number of aliphatic hydroxyl groups is 1. The monoisotopic (exact) mass is 403 g/mol. The predicted octanol–water partition coefficient (Wildman–Crippen LogP) is 1.84. The van der Waals surface area contributed by atoms with Crippen molar-refractivity contribution >= 4 is 15.8 Å². The zero-order valence-corrected chi connectivity index (χ0v) is 16.4. The number of sulfone groups is 1. The van der Waals surface area contributed by atoms with Gasteiger partial charge in [0.15, 0.2) is 9.84 Å². The van der Waals surface area contributed by atoms with Crippen molar-refractivity contribution in [3.63, 3.8) is 0 Å². The third-order valence-electron chi connectivity index (χ3n) is 5.43. The van der Waals surface area contributed by atoms with Crippen molar-refractivity contribution in [1.82, 2.24) is 4.90 Å². The van der Waals surface area contributed by atoms with Crippen molar-refractivity contribution in [2.75, 3.05) is 25.4 Å². The lowest BCUT2D eigenvalue weighted by Crippen LogP contribution is -2.57. The highest BCUT2D eigenvalue weighted by atomic mass is 32.2. The van der Waals surface area contributed by atoms with Crippen LogP contribution < -0.4 is 0 Å². The number of hydrogen-bond acceptors (Lipinski definition) is 5. The van der Waals surface area contributed by atoms with Crippen LogP contribution in [-0.2, 0) is 21.1 Å². The number of likely N-dealkylation sites (tertiary alicyclic amines) is 1. The number of benzene rings is 2. The molecule has 150 valence electrons. The molecule has 0 saturated carbocycles. The van der Waals surface area contributed by atoms with Crippen LogP contribution in [0.4, 0.5) is 0 Å². The Morgan fingerprint density at radius 2 is 1.68 bits per heavy atom. The van der Waals surface area contributed by atoms with E-state index in [0.29, 0.717) is 13.0 Å². The summed E-state index contributed by atoms with van der Waals surface area (Å²) in [7, 11) is -3.44. The smallest absolute Gasteiger partial charge is 0.313 e. The molecule has 2 atom stereocenters.